The van der Waals surface area contributed by atoms with Crippen LogP contribution < -0.4 is 14.8 Å². The SMILES string of the molecule is CC(C)(C)c1ccc(S(=O)(=O)NCCC(=O)Nc2ccc(OC(F)F)cc2)cc1. The Hall–Kier alpha value is -2.52. The molecule has 2 aromatic carbocycles. The van der Waals surface area contributed by atoms with Crippen molar-refractivity contribution >= 4 is 21.6 Å². The average molecular weight is 426 g/mol. The largest absolute Gasteiger partial charge is 0.435 e. The molecule has 0 saturated carbocycles. The van der Waals surface area contributed by atoms with E-state index in [0.29, 0.717) is 5.69 Å². The lowest BCUT2D eigenvalue weighted by molar-refractivity contribution is -0.116. The smallest absolute Gasteiger partial charge is 0.387 e. The van der Waals surface area contributed by atoms with Gasteiger partial charge in [0.05, 0.1) is 4.90 Å². The van der Waals surface area contributed by atoms with E-state index in [2.05, 4.69) is 14.8 Å². The van der Waals surface area contributed by atoms with Crippen LogP contribution in [0.4, 0.5) is 14.5 Å². The number of hydrogen-bond acceptors (Lipinski definition) is 4. The number of nitrogens with one attached hydrogen (secondary N) is 2. The van der Waals surface area contributed by atoms with E-state index in [4.69, 9.17) is 0 Å². The summed E-state index contributed by atoms with van der Waals surface area (Å²) in [6.45, 7) is 3.10. The third-order valence-electron chi connectivity index (χ3n) is 4.04. The predicted octanol–water partition coefficient (Wildman–Crippen LogP) is 3.89. The standard InChI is InChI=1S/C20H24F2N2O4S/c1-20(2,3)14-4-10-17(11-5-14)29(26,27)23-13-12-18(25)24-15-6-8-16(9-7-15)28-19(21)22/h4-11,19,23H,12-13H2,1-3H3,(H,24,25). The van der Waals surface area contributed by atoms with Gasteiger partial charge in [0.1, 0.15) is 5.75 Å². The zero-order valence-corrected chi connectivity index (χ0v) is 17.2. The lowest BCUT2D eigenvalue weighted by Gasteiger charge is -2.19. The summed E-state index contributed by atoms with van der Waals surface area (Å²) >= 11 is 0. The zero-order valence-electron chi connectivity index (χ0n) is 16.4. The molecular weight excluding hydrogens is 402 g/mol. The minimum absolute atomic E-state index is 0.0248. The Labute approximate surface area is 169 Å². The molecule has 0 radical (unpaired) electrons. The van der Waals surface area contributed by atoms with Crippen molar-refractivity contribution in [3.63, 3.8) is 0 Å². The van der Waals surface area contributed by atoms with Crippen LogP contribution in [-0.2, 0) is 20.2 Å². The van der Waals surface area contributed by atoms with Crippen LogP contribution in [0.5, 0.6) is 5.75 Å². The molecule has 0 aliphatic carbocycles. The van der Waals surface area contributed by atoms with Gasteiger partial charge in [0.15, 0.2) is 0 Å². The summed E-state index contributed by atoms with van der Waals surface area (Å²) in [7, 11) is -3.73. The molecule has 0 bridgehead atoms. The fourth-order valence-corrected chi connectivity index (χ4v) is 3.49. The van der Waals surface area contributed by atoms with Crippen molar-refractivity contribution < 1.29 is 26.7 Å². The molecule has 1 amide bonds. The van der Waals surface area contributed by atoms with Crippen molar-refractivity contribution in [2.75, 3.05) is 11.9 Å². The maximum atomic E-state index is 12.3. The molecule has 6 nitrogen and oxygen atoms in total. The van der Waals surface area contributed by atoms with E-state index in [1.807, 2.05) is 20.8 Å². The van der Waals surface area contributed by atoms with Gasteiger partial charge >= 0.3 is 6.61 Å². The molecule has 29 heavy (non-hydrogen) atoms. The Balaban J connectivity index is 1.85. The molecule has 0 heterocycles. The van der Waals surface area contributed by atoms with E-state index >= 15 is 0 Å². The van der Waals surface area contributed by atoms with Gasteiger partial charge in [-0.05, 0) is 47.4 Å². The highest BCUT2D eigenvalue weighted by Gasteiger charge is 2.17. The summed E-state index contributed by atoms with van der Waals surface area (Å²) in [6, 6.07) is 12.0. The van der Waals surface area contributed by atoms with Crippen molar-refractivity contribution in [1.29, 1.82) is 0 Å². The number of halogens is 2. The first-order valence-electron chi connectivity index (χ1n) is 8.92. The molecule has 0 aromatic heterocycles. The summed E-state index contributed by atoms with van der Waals surface area (Å²) in [5.41, 5.74) is 1.32. The molecule has 0 aliphatic heterocycles. The molecule has 0 aliphatic rings. The van der Waals surface area contributed by atoms with Crippen LogP contribution in [0.25, 0.3) is 0 Å². The quantitative estimate of drug-likeness (QED) is 0.671. The van der Waals surface area contributed by atoms with Gasteiger partial charge in [0, 0.05) is 18.7 Å². The number of hydrogen-bond donors (Lipinski definition) is 2. The van der Waals surface area contributed by atoms with Crippen molar-refractivity contribution in [2.45, 2.75) is 44.1 Å². The topological polar surface area (TPSA) is 84.5 Å². The number of ether oxygens (including phenoxy) is 1. The molecule has 2 aromatic rings. The highest BCUT2D eigenvalue weighted by molar-refractivity contribution is 7.89. The second kappa shape index (κ2) is 9.32. The van der Waals surface area contributed by atoms with E-state index in [0.717, 1.165) is 5.56 Å². The molecule has 2 N–H and O–H groups in total. The molecule has 158 valence electrons. The van der Waals surface area contributed by atoms with Crippen LogP contribution in [0.15, 0.2) is 53.4 Å². The third kappa shape index (κ3) is 7.10. The number of carbonyl (C=O) groups is 1. The van der Waals surface area contributed by atoms with Gasteiger partial charge in [-0.2, -0.15) is 8.78 Å². The summed E-state index contributed by atoms with van der Waals surface area (Å²) in [5, 5.41) is 2.56. The van der Waals surface area contributed by atoms with Crippen LogP contribution in [0.3, 0.4) is 0 Å². The second-order valence-electron chi connectivity index (χ2n) is 7.37. The highest BCUT2D eigenvalue weighted by Crippen LogP contribution is 2.23. The monoisotopic (exact) mass is 426 g/mol. The molecule has 0 unspecified atom stereocenters. The van der Waals surface area contributed by atoms with Gasteiger partial charge in [0.2, 0.25) is 15.9 Å². The van der Waals surface area contributed by atoms with Gasteiger partial charge < -0.3 is 10.1 Å². The van der Waals surface area contributed by atoms with Crippen molar-refractivity contribution in [1.82, 2.24) is 4.72 Å². The first kappa shape index (κ1) is 22.8. The first-order valence-corrected chi connectivity index (χ1v) is 10.4. The van der Waals surface area contributed by atoms with Crippen LogP contribution in [-0.4, -0.2) is 27.5 Å². The average Bonchev–Trinajstić information content (AvgIpc) is 2.62. The predicted molar refractivity (Wildman–Crippen MR) is 107 cm³/mol. The highest BCUT2D eigenvalue weighted by atomic mass is 32.2. The van der Waals surface area contributed by atoms with E-state index in [1.165, 1.54) is 36.4 Å². The lowest BCUT2D eigenvalue weighted by Crippen LogP contribution is -2.28. The maximum Gasteiger partial charge on any atom is 0.387 e. The Morgan fingerprint density at radius 2 is 1.62 bits per heavy atom. The molecule has 0 saturated heterocycles. The number of sulfonamides is 1. The van der Waals surface area contributed by atoms with E-state index in [1.54, 1.807) is 12.1 Å². The summed E-state index contributed by atoms with van der Waals surface area (Å²) < 4.78 is 55.5. The van der Waals surface area contributed by atoms with Crippen molar-refractivity contribution in [3.8, 4) is 5.75 Å². The van der Waals surface area contributed by atoms with Gasteiger partial charge in [0.25, 0.3) is 0 Å². The van der Waals surface area contributed by atoms with Crippen molar-refractivity contribution in [2.24, 2.45) is 0 Å². The Morgan fingerprint density at radius 1 is 1.03 bits per heavy atom. The fraction of sp³-hybridized carbons (Fsp3) is 0.350. The fourth-order valence-electron chi connectivity index (χ4n) is 2.46. The van der Waals surface area contributed by atoms with E-state index in [9.17, 15) is 22.0 Å². The number of alkyl halides is 2. The minimum Gasteiger partial charge on any atom is -0.435 e. The second-order valence-corrected chi connectivity index (χ2v) is 9.14. The maximum absolute atomic E-state index is 12.3. The zero-order chi connectivity index (χ0) is 21.7. The Morgan fingerprint density at radius 3 is 2.14 bits per heavy atom. The van der Waals surface area contributed by atoms with Crippen LogP contribution >= 0.6 is 0 Å². The molecule has 0 spiro atoms. The van der Waals surface area contributed by atoms with Gasteiger partial charge in [-0.15, -0.1) is 0 Å². The first-order chi connectivity index (χ1) is 13.5. The van der Waals surface area contributed by atoms with E-state index < -0.39 is 22.5 Å². The normalized spacial score (nSPS) is 12.1. The lowest BCUT2D eigenvalue weighted by atomic mass is 9.87. The molecule has 0 atom stereocenters. The van der Waals surface area contributed by atoms with Gasteiger partial charge in [-0.3, -0.25) is 4.79 Å². The molecule has 9 heteroatoms. The number of benzene rings is 2. The summed E-state index contributed by atoms with van der Waals surface area (Å²) in [4.78, 5) is 12.1. The van der Waals surface area contributed by atoms with Crippen LogP contribution in [0, 0.1) is 0 Å². The third-order valence-corrected chi connectivity index (χ3v) is 5.51. The number of carbonyl (C=O) groups excluding carboxylic acids is 1. The molecule has 2 rings (SSSR count). The van der Waals surface area contributed by atoms with Crippen LogP contribution in [0.1, 0.15) is 32.8 Å². The Bertz CT molecular complexity index is 922. The number of amides is 1. The van der Waals surface area contributed by atoms with E-state index in [-0.39, 0.29) is 29.0 Å². The molecule has 0 fully saturated rings. The molecular formula is C20H24F2N2O4S. The van der Waals surface area contributed by atoms with Gasteiger partial charge in [-0.1, -0.05) is 32.9 Å². The number of rotatable bonds is 8. The number of anilines is 1. The van der Waals surface area contributed by atoms with Gasteiger partial charge in [-0.25, -0.2) is 13.1 Å². The van der Waals surface area contributed by atoms with Crippen LogP contribution in [0.2, 0.25) is 0 Å². The Kier molecular flexibility index (Phi) is 7.32. The summed E-state index contributed by atoms with van der Waals surface area (Å²) in [5.74, 6) is -0.443. The summed E-state index contributed by atoms with van der Waals surface area (Å²) in [6.07, 6.45) is -0.0887. The minimum atomic E-state index is -3.73. The van der Waals surface area contributed by atoms with Crippen molar-refractivity contribution in [3.05, 3.63) is 54.1 Å².